The molecule has 0 aliphatic heterocycles. The van der Waals surface area contributed by atoms with Crippen LogP contribution in [0.3, 0.4) is 0 Å². The standard InChI is InChI=1S/C29H40N2O2.2C2H4O2.Co/c1-7-18(3)22-11-20(5)28(32)24(13-22)16-30-26-9-10-27(15-26)31-17-25-14-23(19(4)8-2)12-21(6)29(25)33;2*1-2(3)4;/h11-14,16-19,26-27,32-33H,7-10,15H2,1-6H3;2*1H3,(H,3,4);/q;;;+2/p-2. The zero-order valence-electron chi connectivity index (χ0n) is 26.1. The number of aromatic hydroxyl groups is 2. The third-order valence-electron chi connectivity index (χ3n) is 7.29. The van der Waals surface area contributed by atoms with Crippen LogP contribution in [0.2, 0.25) is 0 Å². The molecule has 9 heteroatoms. The van der Waals surface area contributed by atoms with E-state index in [0.717, 1.165) is 68.2 Å². The summed E-state index contributed by atoms with van der Waals surface area (Å²) in [5.41, 5.74) is 5.91. The summed E-state index contributed by atoms with van der Waals surface area (Å²) in [5, 5.41) is 38.8. The first-order valence-electron chi connectivity index (χ1n) is 14.3. The van der Waals surface area contributed by atoms with Gasteiger partial charge in [0.25, 0.3) is 0 Å². The van der Waals surface area contributed by atoms with Crippen molar-refractivity contribution in [2.45, 2.75) is 111 Å². The molecule has 233 valence electrons. The summed E-state index contributed by atoms with van der Waals surface area (Å²) in [6, 6.07) is 8.71. The predicted octanol–water partition coefficient (Wildman–Crippen LogP) is 4.71. The Morgan fingerprint density at radius 3 is 1.40 bits per heavy atom. The van der Waals surface area contributed by atoms with E-state index in [4.69, 9.17) is 29.8 Å². The second kappa shape index (κ2) is 19.1. The number of aliphatic carboxylic acids is 2. The third-order valence-corrected chi connectivity index (χ3v) is 7.29. The van der Waals surface area contributed by atoms with Crippen LogP contribution in [0.1, 0.15) is 119 Å². The molecular formula is C33H46CoN2O6. The first-order chi connectivity index (χ1) is 19.2. The average Bonchev–Trinajstić information content (AvgIpc) is 3.36. The van der Waals surface area contributed by atoms with E-state index in [1.165, 1.54) is 11.1 Å². The Bertz CT molecular complexity index is 1130. The number of hydrogen-bond acceptors (Lipinski definition) is 8. The minimum Gasteiger partial charge on any atom is -0.550 e. The Labute approximate surface area is 261 Å². The first kappa shape index (κ1) is 38.8. The maximum absolute atomic E-state index is 10.5. The molecule has 0 aromatic heterocycles. The van der Waals surface area contributed by atoms with Gasteiger partial charge in [0.05, 0.1) is 12.1 Å². The van der Waals surface area contributed by atoms with Crippen LogP contribution in [0.4, 0.5) is 0 Å². The van der Waals surface area contributed by atoms with Gasteiger partial charge in [-0.2, -0.15) is 0 Å². The summed E-state index contributed by atoms with van der Waals surface area (Å²) in [6.45, 7) is 14.6. The number of aryl methyl sites for hydroxylation is 2. The number of hydrogen-bond donors (Lipinski definition) is 2. The quantitative estimate of drug-likeness (QED) is 0.407. The molecule has 1 aliphatic carbocycles. The summed E-state index contributed by atoms with van der Waals surface area (Å²) in [6.07, 6.45) is 8.69. The van der Waals surface area contributed by atoms with Gasteiger partial charge in [-0.3, -0.25) is 9.98 Å². The van der Waals surface area contributed by atoms with Crippen molar-refractivity contribution in [1.82, 2.24) is 0 Å². The number of carbonyl (C=O) groups excluding carboxylic acids is 2. The zero-order chi connectivity index (χ0) is 31.3. The molecule has 2 N–H and O–H groups in total. The molecule has 1 aliphatic rings. The number of benzene rings is 2. The van der Waals surface area contributed by atoms with Crippen molar-refractivity contribution in [2.75, 3.05) is 0 Å². The van der Waals surface area contributed by atoms with E-state index in [9.17, 15) is 10.2 Å². The van der Waals surface area contributed by atoms with Crippen molar-refractivity contribution < 1.29 is 46.8 Å². The van der Waals surface area contributed by atoms with Gasteiger partial charge in [0, 0.05) is 35.5 Å². The molecule has 0 bridgehead atoms. The molecule has 0 saturated heterocycles. The molecule has 4 atom stereocenters. The Balaban J connectivity index is 0.00000166. The minimum atomic E-state index is -1.08. The number of rotatable bonds is 8. The van der Waals surface area contributed by atoms with E-state index in [0.29, 0.717) is 23.3 Å². The summed E-state index contributed by atoms with van der Waals surface area (Å²) in [7, 11) is 0. The number of aliphatic imine (C=N–C) groups is 2. The molecule has 8 nitrogen and oxygen atoms in total. The van der Waals surface area contributed by atoms with Crippen molar-refractivity contribution in [3.63, 3.8) is 0 Å². The Hall–Kier alpha value is -3.17. The zero-order valence-corrected chi connectivity index (χ0v) is 27.1. The van der Waals surface area contributed by atoms with E-state index in [-0.39, 0.29) is 28.9 Å². The monoisotopic (exact) mass is 625 g/mol. The Morgan fingerprint density at radius 2 is 1.12 bits per heavy atom. The van der Waals surface area contributed by atoms with Gasteiger partial charge in [-0.25, -0.2) is 0 Å². The van der Waals surface area contributed by atoms with E-state index in [2.05, 4.69) is 52.0 Å². The molecule has 0 amide bonds. The molecule has 4 unspecified atom stereocenters. The number of carboxylic acids is 2. The van der Waals surface area contributed by atoms with Crippen molar-refractivity contribution >= 4 is 24.4 Å². The molecule has 0 spiro atoms. The minimum absolute atomic E-state index is 0. The van der Waals surface area contributed by atoms with E-state index in [1.54, 1.807) is 0 Å². The van der Waals surface area contributed by atoms with Gasteiger partial charge in [-0.15, -0.1) is 0 Å². The van der Waals surface area contributed by atoms with E-state index in [1.807, 2.05) is 26.3 Å². The summed E-state index contributed by atoms with van der Waals surface area (Å²) in [4.78, 5) is 27.4. The van der Waals surface area contributed by atoms with Gasteiger partial charge in [-0.05, 0) is 106 Å². The summed E-state index contributed by atoms with van der Waals surface area (Å²) in [5.74, 6) is -0.600. The van der Waals surface area contributed by atoms with Gasteiger partial charge in [0.1, 0.15) is 11.5 Å². The molecule has 0 heterocycles. The van der Waals surface area contributed by atoms with E-state index >= 15 is 0 Å². The Morgan fingerprint density at radius 1 is 0.810 bits per heavy atom. The number of phenols is 2. The normalized spacial score (nSPS) is 17.4. The molecule has 2 aromatic rings. The van der Waals surface area contributed by atoms with Gasteiger partial charge in [-0.1, -0.05) is 39.8 Å². The number of phenolic OH excluding ortho intramolecular Hbond substituents is 2. The smallest absolute Gasteiger partial charge is 0.550 e. The first-order valence-corrected chi connectivity index (χ1v) is 14.3. The van der Waals surface area contributed by atoms with Crippen LogP contribution in [0.25, 0.3) is 0 Å². The van der Waals surface area contributed by atoms with Crippen LogP contribution in [-0.4, -0.2) is 46.7 Å². The average molecular weight is 626 g/mol. The molecule has 1 fully saturated rings. The van der Waals surface area contributed by atoms with E-state index < -0.39 is 11.9 Å². The predicted molar refractivity (Wildman–Crippen MR) is 161 cm³/mol. The molecular weight excluding hydrogens is 579 g/mol. The van der Waals surface area contributed by atoms with Crippen LogP contribution in [0.5, 0.6) is 11.5 Å². The van der Waals surface area contributed by atoms with Gasteiger partial charge >= 0.3 is 16.8 Å². The second-order valence-electron chi connectivity index (χ2n) is 10.8. The van der Waals surface area contributed by atoms with Crippen LogP contribution in [0, 0.1) is 13.8 Å². The number of carbonyl (C=O) groups is 2. The van der Waals surface area contributed by atoms with Crippen LogP contribution >= 0.6 is 0 Å². The number of carboxylic acid groups (broad SMARTS) is 2. The maximum atomic E-state index is 10.5. The second-order valence-corrected chi connectivity index (χ2v) is 10.8. The third kappa shape index (κ3) is 13.2. The summed E-state index contributed by atoms with van der Waals surface area (Å²) >= 11 is 0. The maximum Gasteiger partial charge on any atom is 2.00 e. The SMILES string of the molecule is CC(=O)[O-].CC(=O)[O-].CCC(C)c1cc(C)c(O)c(C=NC2CCC(N=Cc3cc(C(C)CC)cc(C)c3O)C2)c1.[Co+2]. The summed E-state index contributed by atoms with van der Waals surface area (Å²) < 4.78 is 0. The van der Waals surface area contributed by atoms with Crippen molar-refractivity contribution in [3.8, 4) is 11.5 Å². The molecule has 42 heavy (non-hydrogen) atoms. The topological polar surface area (TPSA) is 145 Å². The van der Waals surface area contributed by atoms with Gasteiger partial charge in [0.15, 0.2) is 0 Å². The van der Waals surface area contributed by atoms with Crippen LogP contribution < -0.4 is 10.2 Å². The van der Waals surface area contributed by atoms with Crippen LogP contribution in [0.15, 0.2) is 34.3 Å². The van der Waals surface area contributed by atoms with Crippen molar-refractivity contribution in [2.24, 2.45) is 9.98 Å². The fourth-order valence-electron chi connectivity index (χ4n) is 4.49. The molecule has 1 saturated carbocycles. The van der Waals surface area contributed by atoms with Crippen LogP contribution in [-0.2, 0) is 26.4 Å². The molecule has 2 aromatic carbocycles. The fourth-order valence-corrected chi connectivity index (χ4v) is 4.49. The van der Waals surface area contributed by atoms with Crippen molar-refractivity contribution in [3.05, 3.63) is 57.6 Å². The van der Waals surface area contributed by atoms with Crippen molar-refractivity contribution in [1.29, 1.82) is 0 Å². The fraction of sp³-hybridized carbons (Fsp3) is 0.515. The van der Waals surface area contributed by atoms with Gasteiger partial charge in [0.2, 0.25) is 0 Å². The Kier molecular flexibility index (Phi) is 17.7. The van der Waals surface area contributed by atoms with Gasteiger partial charge < -0.3 is 30.0 Å². The molecule has 1 radical (unpaired) electrons. The molecule has 3 rings (SSSR count). The number of nitrogens with zero attached hydrogens (tertiary/aromatic N) is 2. The largest absolute Gasteiger partial charge is 2.00 e.